The molecular formula is C17H22ClN3O. The highest BCUT2D eigenvalue weighted by atomic mass is 35.5. The Morgan fingerprint density at radius 1 is 1.32 bits per heavy atom. The Hall–Kier alpha value is -1.68. The molecule has 1 fully saturated rings. The molecule has 5 heteroatoms. The van der Waals surface area contributed by atoms with Crippen LogP contribution >= 0.6 is 11.6 Å². The standard InChI is InChI=1S/C17H22ClN3O/c1-2-5-12-10-16-13(9-15(12)18)8-14(20-16)11-19-17(22)21-6-3-4-7-21/h8-10,20H,2-7,11H2,1H3,(H,19,22). The summed E-state index contributed by atoms with van der Waals surface area (Å²) in [5.74, 6) is 0. The van der Waals surface area contributed by atoms with Crippen LogP contribution in [-0.2, 0) is 13.0 Å². The smallest absolute Gasteiger partial charge is 0.317 e. The molecule has 0 aliphatic carbocycles. The largest absolute Gasteiger partial charge is 0.357 e. The van der Waals surface area contributed by atoms with Crippen LogP contribution in [-0.4, -0.2) is 29.0 Å². The molecule has 2 N–H and O–H groups in total. The third-order valence-corrected chi connectivity index (χ3v) is 4.54. The topological polar surface area (TPSA) is 48.1 Å². The lowest BCUT2D eigenvalue weighted by Crippen LogP contribution is -2.37. The van der Waals surface area contributed by atoms with Gasteiger partial charge in [-0.3, -0.25) is 0 Å². The number of aryl methyl sites for hydroxylation is 1. The molecule has 0 spiro atoms. The maximum absolute atomic E-state index is 12.0. The molecule has 1 aliphatic heterocycles. The van der Waals surface area contributed by atoms with Crippen molar-refractivity contribution in [1.82, 2.24) is 15.2 Å². The molecule has 0 bridgehead atoms. The monoisotopic (exact) mass is 319 g/mol. The van der Waals surface area contributed by atoms with E-state index in [0.717, 1.165) is 60.4 Å². The van der Waals surface area contributed by atoms with E-state index < -0.39 is 0 Å². The second kappa shape index (κ2) is 6.61. The fourth-order valence-electron chi connectivity index (χ4n) is 3.02. The highest BCUT2D eigenvalue weighted by Gasteiger charge is 2.17. The molecule has 1 aromatic carbocycles. The van der Waals surface area contributed by atoms with Crippen molar-refractivity contribution in [3.63, 3.8) is 0 Å². The van der Waals surface area contributed by atoms with Gasteiger partial charge in [0.2, 0.25) is 0 Å². The number of urea groups is 1. The molecule has 0 atom stereocenters. The van der Waals surface area contributed by atoms with Gasteiger partial charge in [0.1, 0.15) is 0 Å². The lowest BCUT2D eigenvalue weighted by atomic mass is 10.1. The highest BCUT2D eigenvalue weighted by molar-refractivity contribution is 6.32. The van der Waals surface area contributed by atoms with E-state index in [-0.39, 0.29) is 6.03 Å². The number of hydrogen-bond donors (Lipinski definition) is 2. The predicted molar refractivity (Wildman–Crippen MR) is 90.3 cm³/mol. The van der Waals surface area contributed by atoms with Gasteiger partial charge in [0.25, 0.3) is 0 Å². The number of H-pyrrole nitrogens is 1. The highest BCUT2D eigenvalue weighted by Crippen LogP contribution is 2.25. The number of nitrogens with one attached hydrogen (secondary N) is 2. The Morgan fingerprint density at radius 3 is 2.82 bits per heavy atom. The van der Waals surface area contributed by atoms with Crippen LogP contribution in [0.3, 0.4) is 0 Å². The van der Waals surface area contributed by atoms with E-state index in [1.165, 1.54) is 5.56 Å². The van der Waals surface area contributed by atoms with Gasteiger partial charge in [-0.05, 0) is 43.0 Å². The summed E-state index contributed by atoms with van der Waals surface area (Å²) in [6.07, 6.45) is 4.27. The second-order valence-corrected chi connectivity index (χ2v) is 6.34. The van der Waals surface area contributed by atoms with Gasteiger partial charge in [-0.15, -0.1) is 0 Å². The minimum atomic E-state index is 0.0286. The first kappa shape index (κ1) is 15.2. The first-order valence-corrected chi connectivity index (χ1v) is 8.38. The van der Waals surface area contributed by atoms with Gasteiger partial charge < -0.3 is 15.2 Å². The van der Waals surface area contributed by atoms with Crippen molar-refractivity contribution in [2.45, 2.75) is 39.2 Å². The predicted octanol–water partition coefficient (Wildman–Crippen LogP) is 4.08. The number of aromatic amines is 1. The molecule has 22 heavy (non-hydrogen) atoms. The number of carbonyl (C=O) groups is 1. The summed E-state index contributed by atoms with van der Waals surface area (Å²) in [6, 6.07) is 6.21. The number of aromatic nitrogens is 1. The van der Waals surface area contributed by atoms with Crippen molar-refractivity contribution in [2.75, 3.05) is 13.1 Å². The number of amides is 2. The van der Waals surface area contributed by atoms with Gasteiger partial charge in [0.05, 0.1) is 6.54 Å². The Balaban J connectivity index is 1.70. The normalized spacial score (nSPS) is 14.7. The van der Waals surface area contributed by atoms with E-state index >= 15 is 0 Å². The summed E-state index contributed by atoms with van der Waals surface area (Å²) in [7, 11) is 0. The zero-order valence-electron chi connectivity index (χ0n) is 12.9. The average Bonchev–Trinajstić information content (AvgIpc) is 3.14. The minimum absolute atomic E-state index is 0.0286. The van der Waals surface area contributed by atoms with Gasteiger partial charge in [-0.1, -0.05) is 24.9 Å². The van der Waals surface area contributed by atoms with Gasteiger partial charge >= 0.3 is 6.03 Å². The maximum Gasteiger partial charge on any atom is 0.317 e. The molecule has 1 aromatic heterocycles. The summed E-state index contributed by atoms with van der Waals surface area (Å²) in [6.45, 7) is 4.41. The average molecular weight is 320 g/mol. The summed E-state index contributed by atoms with van der Waals surface area (Å²) >= 11 is 6.31. The number of carbonyl (C=O) groups excluding carboxylic acids is 1. The van der Waals surface area contributed by atoms with Gasteiger partial charge in [0, 0.05) is 34.7 Å². The summed E-state index contributed by atoms with van der Waals surface area (Å²) in [5, 5.41) is 4.89. The quantitative estimate of drug-likeness (QED) is 0.876. The summed E-state index contributed by atoms with van der Waals surface area (Å²) in [4.78, 5) is 17.3. The second-order valence-electron chi connectivity index (χ2n) is 5.93. The molecule has 2 amide bonds. The zero-order chi connectivity index (χ0) is 15.5. The number of likely N-dealkylation sites (tertiary alicyclic amines) is 1. The van der Waals surface area contributed by atoms with Crippen molar-refractivity contribution in [3.8, 4) is 0 Å². The van der Waals surface area contributed by atoms with Crippen molar-refractivity contribution in [2.24, 2.45) is 0 Å². The Bertz CT molecular complexity index is 674. The molecule has 3 rings (SSSR count). The van der Waals surface area contributed by atoms with Crippen LogP contribution in [0.1, 0.15) is 37.4 Å². The van der Waals surface area contributed by atoms with Crippen LogP contribution in [0.15, 0.2) is 18.2 Å². The third-order valence-electron chi connectivity index (χ3n) is 4.19. The molecule has 0 saturated carbocycles. The molecule has 0 radical (unpaired) electrons. The molecule has 118 valence electrons. The van der Waals surface area contributed by atoms with E-state index in [1.54, 1.807) is 0 Å². The number of nitrogens with zero attached hydrogens (tertiary/aromatic N) is 1. The van der Waals surface area contributed by atoms with Crippen LogP contribution in [0.2, 0.25) is 5.02 Å². The fraction of sp³-hybridized carbons (Fsp3) is 0.471. The van der Waals surface area contributed by atoms with E-state index in [1.807, 2.05) is 11.0 Å². The zero-order valence-corrected chi connectivity index (χ0v) is 13.7. The molecule has 4 nitrogen and oxygen atoms in total. The molecule has 1 saturated heterocycles. The van der Waals surface area contributed by atoms with Gasteiger partial charge in [-0.2, -0.15) is 0 Å². The third kappa shape index (κ3) is 3.22. The molecule has 2 aromatic rings. The molecular weight excluding hydrogens is 298 g/mol. The Morgan fingerprint density at radius 2 is 2.09 bits per heavy atom. The lowest BCUT2D eigenvalue weighted by Gasteiger charge is -2.15. The van der Waals surface area contributed by atoms with Gasteiger partial charge in [-0.25, -0.2) is 4.79 Å². The fourth-order valence-corrected chi connectivity index (χ4v) is 3.28. The first-order valence-electron chi connectivity index (χ1n) is 8.00. The van der Waals surface area contributed by atoms with Crippen molar-refractivity contribution < 1.29 is 4.79 Å². The van der Waals surface area contributed by atoms with Crippen molar-refractivity contribution in [3.05, 3.63) is 34.5 Å². The van der Waals surface area contributed by atoms with Crippen LogP contribution < -0.4 is 5.32 Å². The van der Waals surface area contributed by atoms with Crippen LogP contribution in [0.5, 0.6) is 0 Å². The number of fused-ring (bicyclic) bond motifs is 1. The molecule has 0 unspecified atom stereocenters. The maximum atomic E-state index is 12.0. The van der Waals surface area contributed by atoms with Crippen LogP contribution in [0.4, 0.5) is 4.79 Å². The molecule has 1 aliphatic rings. The van der Waals surface area contributed by atoms with Crippen LogP contribution in [0, 0.1) is 0 Å². The number of benzene rings is 1. The number of rotatable bonds is 4. The van der Waals surface area contributed by atoms with Gasteiger partial charge in [0.15, 0.2) is 0 Å². The van der Waals surface area contributed by atoms with E-state index in [9.17, 15) is 4.79 Å². The first-order chi connectivity index (χ1) is 10.7. The van der Waals surface area contributed by atoms with E-state index in [0.29, 0.717) is 6.54 Å². The Kier molecular flexibility index (Phi) is 4.57. The SMILES string of the molecule is CCCc1cc2[nH]c(CNC(=O)N3CCCC3)cc2cc1Cl. The summed E-state index contributed by atoms with van der Waals surface area (Å²) in [5.41, 5.74) is 3.26. The molecule has 2 heterocycles. The lowest BCUT2D eigenvalue weighted by molar-refractivity contribution is 0.208. The Labute approximate surface area is 135 Å². The van der Waals surface area contributed by atoms with Crippen molar-refractivity contribution in [1.29, 1.82) is 0 Å². The van der Waals surface area contributed by atoms with E-state index in [2.05, 4.69) is 29.4 Å². The van der Waals surface area contributed by atoms with Crippen molar-refractivity contribution >= 4 is 28.5 Å². The van der Waals surface area contributed by atoms with Crippen LogP contribution in [0.25, 0.3) is 10.9 Å². The number of halogens is 1. The van der Waals surface area contributed by atoms with E-state index in [4.69, 9.17) is 11.6 Å². The summed E-state index contributed by atoms with van der Waals surface area (Å²) < 4.78 is 0. The minimum Gasteiger partial charge on any atom is -0.357 e. The number of hydrogen-bond acceptors (Lipinski definition) is 1.